The molecule has 1 aromatic heterocycles. The van der Waals surface area contributed by atoms with E-state index in [1.807, 2.05) is 29.6 Å². The highest BCUT2D eigenvalue weighted by Gasteiger charge is 2.64. The number of carbonyl (C=O) groups is 2. The topological polar surface area (TPSA) is 89.0 Å². The molecule has 0 radical (unpaired) electrons. The lowest BCUT2D eigenvalue weighted by atomic mass is 9.55. The molecule has 0 unspecified atom stereocenters. The number of thiazole rings is 1. The van der Waals surface area contributed by atoms with Gasteiger partial charge in [0.2, 0.25) is 0 Å². The van der Waals surface area contributed by atoms with Crippen LogP contribution in [0.2, 0.25) is 0 Å². The van der Waals surface area contributed by atoms with Gasteiger partial charge in [-0.25, -0.2) is 14.6 Å². The fourth-order valence-corrected chi connectivity index (χ4v) is 7.35. The summed E-state index contributed by atoms with van der Waals surface area (Å²) in [6, 6.07) is 16.6. The Labute approximate surface area is 214 Å². The minimum absolute atomic E-state index is 0.0331. The predicted octanol–water partition coefficient (Wildman–Crippen LogP) is 5.25. The summed E-state index contributed by atoms with van der Waals surface area (Å²) in [6.45, 7) is 1.08. The predicted molar refractivity (Wildman–Crippen MR) is 133 cm³/mol. The molecule has 6 rings (SSSR count). The van der Waals surface area contributed by atoms with Crippen LogP contribution in [0.15, 0.2) is 58.5 Å². The molecule has 1 N–H and O–H groups in total. The second-order valence-corrected chi connectivity index (χ2v) is 11.3. The molecular formula is C26H23BrN2O5S. The molecule has 3 aliphatic rings. The van der Waals surface area contributed by atoms with E-state index in [-0.39, 0.29) is 24.0 Å². The first kappa shape index (κ1) is 22.7. The molecule has 2 fully saturated rings. The van der Waals surface area contributed by atoms with Crippen molar-refractivity contribution in [2.24, 2.45) is 5.41 Å². The third-order valence-corrected chi connectivity index (χ3v) is 9.04. The van der Waals surface area contributed by atoms with E-state index in [1.54, 1.807) is 4.90 Å². The number of halogens is 1. The molecule has 1 amide bonds. The number of hydrogen-bond acceptors (Lipinski definition) is 6. The summed E-state index contributed by atoms with van der Waals surface area (Å²) in [7, 11) is 0. The van der Waals surface area contributed by atoms with Crippen molar-refractivity contribution in [2.45, 2.75) is 24.4 Å². The standard InChI is InChI=1S/C26H23BrN2O5S/c27-21-11-35-23(28-21)26(34-10-22(30)31)12-25(13-26)14-29(15-25)24(32)33-9-20-18-7-3-1-5-16(18)17-6-2-4-8-19(17)20/h1-8,11,20H,9-10,12-15H2,(H,30,31). The fraction of sp³-hybridized carbons (Fsp3) is 0.346. The van der Waals surface area contributed by atoms with E-state index >= 15 is 0 Å². The number of hydrogen-bond donors (Lipinski definition) is 1. The van der Waals surface area contributed by atoms with E-state index in [4.69, 9.17) is 14.6 Å². The van der Waals surface area contributed by atoms with Crippen molar-refractivity contribution < 1.29 is 24.2 Å². The second kappa shape index (κ2) is 8.43. The highest BCUT2D eigenvalue weighted by atomic mass is 79.9. The van der Waals surface area contributed by atoms with Crippen LogP contribution in [0.3, 0.4) is 0 Å². The lowest BCUT2D eigenvalue weighted by Gasteiger charge is -2.62. The molecule has 1 aliphatic heterocycles. The first-order valence-corrected chi connectivity index (χ1v) is 13.1. The molecule has 180 valence electrons. The summed E-state index contributed by atoms with van der Waals surface area (Å²) >= 11 is 4.83. The third-order valence-electron chi connectivity index (χ3n) is 7.31. The molecular weight excluding hydrogens is 532 g/mol. The number of aromatic nitrogens is 1. The summed E-state index contributed by atoms with van der Waals surface area (Å²) in [5, 5.41) is 11.8. The molecule has 9 heteroatoms. The monoisotopic (exact) mass is 554 g/mol. The molecule has 7 nitrogen and oxygen atoms in total. The van der Waals surface area contributed by atoms with Gasteiger partial charge in [-0.2, -0.15) is 0 Å². The molecule has 2 heterocycles. The molecule has 1 saturated heterocycles. The third kappa shape index (κ3) is 3.86. The van der Waals surface area contributed by atoms with Crippen LogP contribution in [0.5, 0.6) is 0 Å². The first-order chi connectivity index (χ1) is 16.9. The van der Waals surface area contributed by atoms with Gasteiger partial charge >= 0.3 is 12.1 Å². The van der Waals surface area contributed by atoms with Crippen LogP contribution >= 0.6 is 27.3 Å². The van der Waals surface area contributed by atoms with E-state index in [2.05, 4.69) is 45.2 Å². The Balaban J connectivity index is 1.09. The van der Waals surface area contributed by atoms with Gasteiger partial charge in [-0.1, -0.05) is 48.5 Å². The summed E-state index contributed by atoms with van der Waals surface area (Å²) in [4.78, 5) is 30.2. The number of fused-ring (bicyclic) bond motifs is 3. The highest BCUT2D eigenvalue weighted by Crippen LogP contribution is 2.61. The van der Waals surface area contributed by atoms with Crippen LogP contribution in [-0.2, 0) is 19.9 Å². The van der Waals surface area contributed by atoms with Crippen LogP contribution in [0.4, 0.5) is 4.79 Å². The van der Waals surface area contributed by atoms with Crippen LogP contribution in [0, 0.1) is 5.41 Å². The average Bonchev–Trinajstić information content (AvgIpc) is 3.37. The molecule has 0 bridgehead atoms. The molecule has 0 atom stereocenters. The lowest BCUT2D eigenvalue weighted by molar-refractivity contribution is -0.219. The Kier molecular flexibility index (Phi) is 5.47. The number of amides is 1. The maximum absolute atomic E-state index is 12.9. The fourth-order valence-electron chi connectivity index (χ4n) is 5.94. The van der Waals surface area contributed by atoms with Gasteiger partial charge in [0.15, 0.2) is 0 Å². The number of carbonyl (C=O) groups excluding carboxylic acids is 1. The number of benzene rings is 2. The normalized spacial score (nSPS) is 18.9. The van der Waals surface area contributed by atoms with Crippen molar-refractivity contribution in [3.05, 3.63) is 74.6 Å². The average molecular weight is 555 g/mol. The van der Waals surface area contributed by atoms with Gasteiger partial charge in [0.25, 0.3) is 0 Å². The number of rotatable bonds is 6. The minimum Gasteiger partial charge on any atom is -0.480 e. The number of carboxylic acid groups (broad SMARTS) is 1. The Hall–Kier alpha value is -2.75. The van der Waals surface area contributed by atoms with Crippen molar-refractivity contribution in [1.29, 1.82) is 0 Å². The van der Waals surface area contributed by atoms with Crippen LogP contribution in [-0.4, -0.2) is 53.4 Å². The van der Waals surface area contributed by atoms with Gasteiger partial charge in [-0.05, 0) is 51.0 Å². The summed E-state index contributed by atoms with van der Waals surface area (Å²) < 4.78 is 12.3. The zero-order chi connectivity index (χ0) is 24.2. The number of likely N-dealkylation sites (tertiary alicyclic amines) is 1. The van der Waals surface area contributed by atoms with E-state index in [0.29, 0.717) is 37.1 Å². The Morgan fingerprint density at radius 3 is 2.29 bits per heavy atom. The van der Waals surface area contributed by atoms with E-state index in [0.717, 1.165) is 5.01 Å². The number of ether oxygens (including phenoxy) is 2. The maximum atomic E-state index is 12.9. The van der Waals surface area contributed by atoms with Crippen molar-refractivity contribution in [1.82, 2.24) is 9.88 Å². The smallest absolute Gasteiger partial charge is 0.409 e. The van der Waals surface area contributed by atoms with Gasteiger partial charge in [-0.15, -0.1) is 11.3 Å². The van der Waals surface area contributed by atoms with Crippen LogP contribution in [0.1, 0.15) is 34.9 Å². The van der Waals surface area contributed by atoms with Gasteiger partial charge < -0.3 is 19.5 Å². The summed E-state index contributed by atoms with van der Waals surface area (Å²) in [5.41, 5.74) is 4.00. The molecule has 3 aromatic rings. The molecule has 1 saturated carbocycles. The number of aliphatic carboxylic acids is 1. The highest BCUT2D eigenvalue weighted by molar-refractivity contribution is 9.10. The minimum atomic E-state index is -1.00. The quantitative estimate of drug-likeness (QED) is 0.447. The summed E-state index contributed by atoms with van der Waals surface area (Å²) in [6.07, 6.45) is 0.972. The maximum Gasteiger partial charge on any atom is 0.409 e. The van der Waals surface area contributed by atoms with E-state index < -0.39 is 11.6 Å². The Morgan fingerprint density at radius 2 is 1.71 bits per heavy atom. The van der Waals surface area contributed by atoms with E-state index in [1.165, 1.54) is 33.6 Å². The molecule has 2 aromatic carbocycles. The lowest BCUT2D eigenvalue weighted by Crippen LogP contribution is -2.68. The largest absolute Gasteiger partial charge is 0.480 e. The van der Waals surface area contributed by atoms with Gasteiger partial charge in [-0.3, -0.25) is 0 Å². The molecule has 2 aliphatic carbocycles. The first-order valence-electron chi connectivity index (χ1n) is 11.5. The van der Waals surface area contributed by atoms with Gasteiger partial charge in [0.05, 0.1) is 0 Å². The van der Waals surface area contributed by atoms with Crippen LogP contribution < -0.4 is 0 Å². The zero-order valence-corrected chi connectivity index (χ0v) is 21.2. The summed E-state index contributed by atoms with van der Waals surface area (Å²) in [5.74, 6) is -0.972. The zero-order valence-electron chi connectivity index (χ0n) is 18.8. The van der Waals surface area contributed by atoms with Crippen molar-refractivity contribution in [2.75, 3.05) is 26.3 Å². The number of nitrogens with zero attached hydrogens (tertiary/aromatic N) is 2. The van der Waals surface area contributed by atoms with E-state index in [9.17, 15) is 9.59 Å². The van der Waals surface area contributed by atoms with Crippen molar-refractivity contribution in [3.63, 3.8) is 0 Å². The molecule has 35 heavy (non-hydrogen) atoms. The second-order valence-electron chi connectivity index (χ2n) is 9.67. The van der Waals surface area contributed by atoms with Gasteiger partial charge in [0.1, 0.15) is 28.4 Å². The van der Waals surface area contributed by atoms with Gasteiger partial charge in [0, 0.05) is 29.8 Å². The van der Waals surface area contributed by atoms with Crippen LogP contribution in [0.25, 0.3) is 11.1 Å². The SMILES string of the molecule is O=C(O)COC1(c2nc(Br)cs2)CC2(CN(C(=O)OCC3c4ccccc4-c4ccccc43)C2)C1. The van der Waals surface area contributed by atoms with Crippen molar-refractivity contribution >= 4 is 39.3 Å². The molecule has 1 spiro atoms. The van der Waals surface area contributed by atoms with Crippen molar-refractivity contribution in [3.8, 4) is 11.1 Å². The number of carboxylic acids is 1. The Morgan fingerprint density at radius 1 is 1.09 bits per heavy atom. The Bertz CT molecular complexity index is 1260.